The molecular weight excluding hydrogens is 301 g/mol. The van der Waals surface area contributed by atoms with Gasteiger partial charge < -0.3 is 5.32 Å². The van der Waals surface area contributed by atoms with Gasteiger partial charge >= 0.3 is 0 Å². The van der Waals surface area contributed by atoms with Crippen molar-refractivity contribution in [1.82, 2.24) is 15.5 Å². The minimum Gasteiger partial charge on any atom is -0.313 e. The van der Waals surface area contributed by atoms with Gasteiger partial charge in [0.15, 0.2) is 0 Å². The molecule has 1 atom stereocenters. The maximum Gasteiger partial charge on any atom is 0.127 e. The van der Waals surface area contributed by atoms with E-state index in [1.807, 2.05) is 24.3 Å². The summed E-state index contributed by atoms with van der Waals surface area (Å²) in [6, 6.07) is 17.2. The summed E-state index contributed by atoms with van der Waals surface area (Å²) < 4.78 is 14.3. The van der Waals surface area contributed by atoms with Gasteiger partial charge in [0.2, 0.25) is 0 Å². The van der Waals surface area contributed by atoms with Gasteiger partial charge in [-0.3, -0.25) is 0 Å². The van der Waals surface area contributed by atoms with E-state index in [4.69, 9.17) is 0 Å². The molecule has 0 amide bonds. The molecule has 3 nitrogen and oxygen atoms in total. The highest BCUT2D eigenvalue weighted by Gasteiger charge is 2.23. The molecule has 4 heteroatoms. The lowest BCUT2D eigenvalue weighted by molar-refractivity contribution is 0.579. The van der Waals surface area contributed by atoms with Crippen LogP contribution in [0.3, 0.4) is 0 Å². The smallest absolute Gasteiger partial charge is 0.127 e. The monoisotopic (exact) mass is 319 g/mol. The quantitative estimate of drug-likeness (QED) is 0.778. The standard InChI is InChI=1S/C20H18FN3/c21-19-5-2-1-4-18(19)17-9-11-22-13-15-12-14(7-8-16(15)17)20-6-3-10-23-24-20/h1-8,10,12,17,22H,9,11,13H2. The fourth-order valence-corrected chi connectivity index (χ4v) is 3.42. The van der Waals surface area contributed by atoms with Gasteiger partial charge in [-0.1, -0.05) is 30.3 Å². The number of aromatic nitrogens is 2. The zero-order chi connectivity index (χ0) is 16.4. The molecule has 1 aliphatic heterocycles. The van der Waals surface area contributed by atoms with Gasteiger partial charge in [0.1, 0.15) is 5.82 Å². The number of nitrogens with one attached hydrogen (secondary N) is 1. The molecule has 4 rings (SSSR count). The highest BCUT2D eigenvalue weighted by Crippen LogP contribution is 2.35. The van der Waals surface area contributed by atoms with Crippen LogP contribution in [0.4, 0.5) is 4.39 Å². The Hall–Kier alpha value is -2.59. The molecule has 0 aliphatic carbocycles. The zero-order valence-corrected chi connectivity index (χ0v) is 13.2. The molecule has 0 fully saturated rings. The molecule has 1 N–H and O–H groups in total. The van der Waals surface area contributed by atoms with Crippen LogP contribution in [0.1, 0.15) is 29.0 Å². The molecule has 3 aromatic rings. The molecule has 1 aromatic heterocycles. The van der Waals surface area contributed by atoms with E-state index in [0.29, 0.717) is 0 Å². The Morgan fingerprint density at radius 3 is 2.75 bits per heavy atom. The summed E-state index contributed by atoms with van der Waals surface area (Å²) in [6.45, 7) is 1.66. The van der Waals surface area contributed by atoms with Crippen LogP contribution >= 0.6 is 0 Å². The molecule has 0 radical (unpaired) electrons. The Labute approximate surface area is 140 Å². The first kappa shape index (κ1) is 15.0. The summed E-state index contributed by atoms with van der Waals surface area (Å²) in [4.78, 5) is 0. The Morgan fingerprint density at radius 2 is 1.92 bits per heavy atom. The molecule has 1 unspecified atom stereocenters. The molecule has 2 heterocycles. The van der Waals surface area contributed by atoms with Crippen molar-refractivity contribution in [2.45, 2.75) is 18.9 Å². The fourth-order valence-electron chi connectivity index (χ4n) is 3.42. The third-order valence-electron chi connectivity index (χ3n) is 4.59. The van der Waals surface area contributed by atoms with E-state index in [1.165, 1.54) is 11.1 Å². The van der Waals surface area contributed by atoms with Crippen LogP contribution in [-0.2, 0) is 6.54 Å². The van der Waals surface area contributed by atoms with E-state index < -0.39 is 0 Å². The maximum atomic E-state index is 14.3. The van der Waals surface area contributed by atoms with E-state index in [2.05, 4.69) is 33.7 Å². The molecule has 120 valence electrons. The first-order valence-electron chi connectivity index (χ1n) is 8.19. The van der Waals surface area contributed by atoms with Crippen LogP contribution in [0.15, 0.2) is 60.8 Å². The average Bonchev–Trinajstić information content (AvgIpc) is 2.85. The van der Waals surface area contributed by atoms with E-state index in [-0.39, 0.29) is 11.7 Å². The van der Waals surface area contributed by atoms with Gasteiger partial charge in [-0.15, -0.1) is 0 Å². The second-order valence-corrected chi connectivity index (χ2v) is 6.06. The molecule has 0 bridgehead atoms. The van der Waals surface area contributed by atoms with Gasteiger partial charge in [-0.05, 0) is 53.9 Å². The Bertz CT molecular complexity index is 849. The van der Waals surface area contributed by atoms with Crippen LogP contribution in [-0.4, -0.2) is 16.7 Å². The SMILES string of the molecule is Fc1ccccc1C1CCNCc2cc(-c3cccnn3)ccc21. The lowest BCUT2D eigenvalue weighted by Gasteiger charge is -2.19. The van der Waals surface area contributed by atoms with Crippen LogP contribution in [0.5, 0.6) is 0 Å². The summed E-state index contributed by atoms with van der Waals surface area (Å²) in [5.74, 6) is -0.0551. The van der Waals surface area contributed by atoms with Crippen molar-refractivity contribution in [2.75, 3.05) is 6.54 Å². The van der Waals surface area contributed by atoms with Gasteiger partial charge in [0.05, 0.1) is 5.69 Å². The molecule has 2 aromatic carbocycles. The summed E-state index contributed by atoms with van der Waals surface area (Å²) in [5, 5.41) is 11.6. The molecular formula is C20H18FN3. The summed E-state index contributed by atoms with van der Waals surface area (Å²) in [7, 11) is 0. The van der Waals surface area contributed by atoms with Gasteiger partial charge in [0.25, 0.3) is 0 Å². The van der Waals surface area contributed by atoms with Crippen LogP contribution in [0.2, 0.25) is 0 Å². The minimum absolute atomic E-state index is 0.0760. The topological polar surface area (TPSA) is 37.8 Å². The number of rotatable bonds is 2. The summed E-state index contributed by atoms with van der Waals surface area (Å²) in [6.07, 6.45) is 2.56. The van der Waals surface area contributed by atoms with Crippen molar-refractivity contribution in [3.63, 3.8) is 0 Å². The van der Waals surface area contributed by atoms with E-state index in [0.717, 1.165) is 36.3 Å². The summed E-state index contributed by atoms with van der Waals surface area (Å²) in [5.41, 5.74) is 5.06. The minimum atomic E-state index is -0.131. The van der Waals surface area contributed by atoms with E-state index in [9.17, 15) is 4.39 Å². The number of nitrogens with zero attached hydrogens (tertiary/aromatic N) is 2. The van der Waals surface area contributed by atoms with Crippen molar-refractivity contribution in [3.8, 4) is 11.3 Å². The van der Waals surface area contributed by atoms with Crippen molar-refractivity contribution in [1.29, 1.82) is 0 Å². The number of halogens is 1. The third kappa shape index (κ3) is 2.81. The second-order valence-electron chi connectivity index (χ2n) is 6.06. The van der Waals surface area contributed by atoms with Crippen LogP contribution in [0, 0.1) is 5.82 Å². The normalized spacial score (nSPS) is 17.1. The lowest BCUT2D eigenvalue weighted by Crippen LogP contribution is -2.12. The Balaban J connectivity index is 1.79. The van der Waals surface area contributed by atoms with Crippen LogP contribution in [0.25, 0.3) is 11.3 Å². The average molecular weight is 319 g/mol. The molecule has 1 aliphatic rings. The highest BCUT2D eigenvalue weighted by molar-refractivity contribution is 5.61. The van der Waals surface area contributed by atoms with Crippen LogP contribution < -0.4 is 5.32 Å². The van der Waals surface area contributed by atoms with Crippen molar-refractivity contribution in [2.24, 2.45) is 0 Å². The molecule has 0 spiro atoms. The maximum absolute atomic E-state index is 14.3. The van der Waals surface area contributed by atoms with Crippen molar-refractivity contribution >= 4 is 0 Å². The van der Waals surface area contributed by atoms with Crippen molar-refractivity contribution in [3.05, 3.63) is 83.3 Å². The zero-order valence-electron chi connectivity index (χ0n) is 13.2. The highest BCUT2D eigenvalue weighted by atomic mass is 19.1. The van der Waals surface area contributed by atoms with E-state index in [1.54, 1.807) is 18.3 Å². The number of hydrogen-bond acceptors (Lipinski definition) is 3. The Kier molecular flexibility index (Phi) is 4.05. The molecule has 0 saturated heterocycles. The second kappa shape index (κ2) is 6.49. The predicted octanol–water partition coefficient (Wildman–Crippen LogP) is 3.91. The van der Waals surface area contributed by atoms with Gasteiger partial charge in [-0.2, -0.15) is 10.2 Å². The number of benzene rings is 2. The predicted molar refractivity (Wildman–Crippen MR) is 92.0 cm³/mol. The molecule has 24 heavy (non-hydrogen) atoms. The lowest BCUT2D eigenvalue weighted by atomic mass is 9.85. The number of hydrogen-bond donors (Lipinski definition) is 1. The van der Waals surface area contributed by atoms with Gasteiger partial charge in [0, 0.05) is 24.2 Å². The first-order chi connectivity index (χ1) is 11.8. The number of fused-ring (bicyclic) bond motifs is 1. The van der Waals surface area contributed by atoms with Gasteiger partial charge in [-0.25, -0.2) is 4.39 Å². The van der Waals surface area contributed by atoms with E-state index >= 15 is 0 Å². The van der Waals surface area contributed by atoms with Crippen molar-refractivity contribution < 1.29 is 4.39 Å². The molecule has 0 saturated carbocycles. The third-order valence-corrected chi connectivity index (χ3v) is 4.59. The fraction of sp³-hybridized carbons (Fsp3) is 0.200. The largest absolute Gasteiger partial charge is 0.313 e. The first-order valence-corrected chi connectivity index (χ1v) is 8.19. The summed E-state index contributed by atoms with van der Waals surface area (Å²) >= 11 is 0. The Morgan fingerprint density at radius 1 is 1.00 bits per heavy atom.